The molecule has 1 aliphatic rings. The summed E-state index contributed by atoms with van der Waals surface area (Å²) in [4.78, 5) is 28.8. The molecular formula is C21H26ClN3O3. The molecule has 1 saturated carbocycles. The van der Waals surface area contributed by atoms with Gasteiger partial charge in [-0.2, -0.15) is 0 Å². The van der Waals surface area contributed by atoms with E-state index >= 15 is 0 Å². The molecule has 3 rings (SSSR count). The van der Waals surface area contributed by atoms with Crippen molar-refractivity contribution in [3.63, 3.8) is 0 Å². The molecule has 0 spiro atoms. The van der Waals surface area contributed by atoms with Crippen molar-refractivity contribution in [1.29, 1.82) is 0 Å². The van der Waals surface area contributed by atoms with E-state index in [1.807, 2.05) is 24.4 Å². The van der Waals surface area contributed by atoms with E-state index in [1.165, 1.54) is 12.5 Å². The number of nitrogens with one attached hydrogen (secondary N) is 1. The summed E-state index contributed by atoms with van der Waals surface area (Å²) in [6.07, 6.45) is 7.01. The number of nitrogens with zero attached hydrogens (tertiary/aromatic N) is 2. The molecule has 1 aliphatic carbocycles. The van der Waals surface area contributed by atoms with Gasteiger partial charge < -0.3 is 10.1 Å². The average molecular weight is 404 g/mol. The molecule has 2 aromatic heterocycles. The Kier molecular flexibility index (Phi) is 6.39. The van der Waals surface area contributed by atoms with Crippen LogP contribution in [0.5, 0.6) is 0 Å². The van der Waals surface area contributed by atoms with Gasteiger partial charge >= 0.3 is 5.97 Å². The number of carbonyl (C=O) groups excluding carboxylic acids is 2. The average Bonchev–Trinajstić information content (AvgIpc) is 2.98. The molecule has 6 nitrogen and oxygen atoms in total. The second kappa shape index (κ2) is 8.78. The van der Waals surface area contributed by atoms with Crippen molar-refractivity contribution in [2.75, 3.05) is 0 Å². The van der Waals surface area contributed by atoms with Crippen molar-refractivity contribution in [3.8, 4) is 0 Å². The topological polar surface area (TPSA) is 72.7 Å². The first-order chi connectivity index (χ1) is 13.4. The number of halogens is 1. The summed E-state index contributed by atoms with van der Waals surface area (Å²) in [5.41, 5.74) is 1.26. The zero-order chi connectivity index (χ0) is 20.3. The van der Waals surface area contributed by atoms with Gasteiger partial charge in [0, 0.05) is 18.3 Å². The Hall–Kier alpha value is -2.34. The quantitative estimate of drug-likeness (QED) is 0.607. The highest BCUT2D eigenvalue weighted by Crippen LogP contribution is 2.29. The molecule has 0 radical (unpaired) electrons. The largest absolute Gasteiger partial charge is 0.449 e. The van der Waals surface area contributed by atoms with Crippen LogP contribution in [0.25, 0.3) is 11.7 Å². The molecule has 0 aromatic carbocycles. The van der Waals surface area contributed by atoms with Gasteiger partial charge in [0.1, 0.15) is 5.65 Å². The van der Waals surface area contributed by atoms with Crippen molar-refractivity contribution in [1.82, 2.24) is 14.7 Å². The molecular weight excluding hydrogens is 378 g/mol. The summed E-state index contributed by atoms with van der Waals surface area (Å²) >= 11 is 6.14. The maximum atomic E-state index is 12.4. The fourth-order valence-electron chi connectivity index (χ4n) is 3.63. The first-order valence-electron chi connectivity index (χ1n) is 9.68. The summed E-state index contributed by atoms with van der Waals surface area (Å²) < 4.78 is 7.03. The van der Waals surface area contributed by atoms with Crippen LogP contribution in [0.2, 0.25) is 5.15 Å². The van der Waals surface area contributed by atoms with Crippen molar-refractivity contribution < 1.29 is 14.3 Å². The first kappa shape index (κ1) is 20.4. The van der Waals surface area contributed by atoms with E-state index in [2.05, 4.69) is 24.1 Å². The molecule has 0 aliphatic heterocycles. The summed E-state index contributed by atoms with van der Waals surface area (Å²) in [6.45, 7) is 5.95. The third kappa shape index (κ3) is 4.55. The van der Waals surface area contributed by atoms with E-state index in [0.29, 0.717) is 28.3 Å². The number of pyridine rings is 1. The van der Waals surface area contributed by atoms with Crippen molar-refractivity contribution in [2.24, 2.45) is 11.8 Å². The number of fused-ring (bicyclic) bond motifs is 1. The molecule has 1 N–H and O–H groups in total. The second-order valence-corrected chi connectivity index (χ2v) is 7.87. The van der Waals surface area contributed by atoms with Crippen molar-refractivity contribution >= 4 is 35.2 Å². The number of carbonyl (C=O) groups is 2. The van der Waals surface area contributed by atoms with Crippen LogP contribution in [0.1, 0.15) is 45.7 Å². The molecule has 28 heavy (non-hydrogen) atoms. The molecule has 4 atom stereocenters. The Morgan fingerprint density at radius 2 is 2.14 bits per heavy atom. The van der Waals surface area contributed by atoms with Crippen LogP contribution in [0, 0.1) is 11.8 Å². The third-order valence-electron chi connectivity index (χ3n) is 5.60. The minimum atomic E-state index is -0.862. The first-order valence-corrected chi connectivity index (χ1v) is 10.1. The normalized spacial score (nSPS) is 23.6. The summed E-state index contributed by atoms with van der Waals surface area (Å²) in [5, 5.41) is 3.32. The summed E-state index contributed by atoms with van der Waals surface area (Å²) in [6, 6.07) is 5.65. The van der Waals surface area contributed by atoms with Crippen LogP contribution in [0.3, 0.4) is 0 Å². The number of hydrogen-bond acceptors (Lipinski definition) is 4. The fourth-order valence-corrected chi connectivity index (χ4v) is 3.88. The van der Waals surface area contributed by atoms with Crippen molar-refractivity contribution in [3.05, 3.63) is 41.3 Å². The highest BCUT2D eigenvalue weighted by atomic mass is 35.5. The molecule has 150 valence electrons. The lowest BCUT2D eigenvalue weighted by atomic mass is 9.78. The van der Waals surface area contributed by atoms with Gasteiger partial charge in [0.05, 0.1) is 5.69 Å². The van der Waals surface area contributed by atoms with E-state index in [0.717, 1.165) is 12.8 Å². The van der Waals surface area contributed by atoms with E-state index in [-0.39, 0.29) is 11.9 Å². The monoisotopic (exact) mass is 403 g/mol. The molecule has 1 fully saturated rings. The number of ether oxygens (including phenoxy) is 1. The Morgan fingerprint density at radius 1 is 1.36 bits per heavy atom. The number of imidazole rings is 1. The van der Waals surface area contributed by atoms with Crippen LogP contribution in [-0.4, -0.2) is 33.4 Å². The minimum Gasteiger partial charge on any atom is -0.449 e. The predicted octanol–water partition coefficient (Wildman–Crippen LogP) is 3.87. The second-order valence-electron chi connectivity index (χ2n) is 7.51. The van der Waals surface area contributed by atoms with Gasteiger partial charge in [0.25, 0.3) is 5.91 Å². The number of aromatic nitrogens is 2. The Bertz CT molecular complexity index is 892. The van der Waals surface area contributed by atoms with Crippen LogP contribution < -0.4 is 5.32 Å². The number of esters is 1. The van der Waals surface area contributed by atoms with Gasteiger partial charge in [-0.3, -0.25) is 9.20 Å². The third-order valence-corrected chi connectivity index (χ3v) is 5.87. The van der Waals surface area contributed by atoms with E-state index in [9.17, 15) is 9.59 Å². The highest BCUT2D eigenvalue weighted by molar-refractivity contribution is 6.31. The molecule has 0 unspecified atom stereocenters. The smallest absolute Gasteiger partial charge is 0.331 e. The Labute approximate surface area is 169 Å². The van der Waals surface area contributed by atoms with E-state index in [1.54, 1.807) is 17.4 Å². The maximum Gasteiger partial charge on any atom is 0.331 e. The summed E-state index contributed by atoms with van der Waals surface area (Å²) in [5.74, 6) is 0.128. The summed E-state index contributed by atoms with van der Waals surface area (Å²) in [7, 11) is 0. The zero-order valence-corrected chi connectivity index (χ0v) is 17.1. The van der Waals surface area contributed by atoms with Gasteiger partial charge in [-0.25, -0.2) is 9.78 Å². The van der Waals surface area contributed by atoms with E-state index < -0.39 is 12.1 Å². The fraction of sp³-hybridized carbons (Fsp3) is 0.476. The number of rotatable bonds is 5. The molecule has 7 heteroatoms. The van der Waals surface area contributed by atoms with Gasteiger partial charge in [-0.1, -0.05) is 44.4 Å². The van der Waals surface area contributed by atoms with Crippen LogP contribution >= 0.6 is 11.6 Å². The zero-order valence-electron chi connectivity index (χ0n) is 16.4. The molecule has 0 bridgehead atoms. The van der Waals surface area contributed by atoms with Gasteiger partial charge in [0.2, 0.25) is 0 Å². The van der Waals surface area contributed by atoms with E-state index in [4.69, 9.17) is 16.3 Å². The maximum absolute atomic E-state index is 12.4. The van der Waals surface area contributed by atoms with Crippen LogP contribution in [-0.2, 0) is 14.3 Å². The van der Waals surface area contributed by atoms with Gasteiger partial charge in [-0.05, 0) is 43.4 Å². The molecule has 0 saturated heterocycles. The number of amides is 1. The Balaban J connectivity index is 1.58. The predicted molar refractivity (Wildman–Crippen MR) is 109 cm³/mol. The van der Waals surface area contributed by atoms with Crippen LogP contribution in [0.15, 0.2) is 30.5 Å². The molecule has 2 aromatic rings. The lowest BCUT2D eigenvalue weighted by molar-refractivity contribution is -0.150. The molecule has 2 heterocycles. The Morgan fingerprint density at radius 3 is 2.93 bits per heavy atom. The number of hydrogen-bond donors (Lipinski definition) is 1. The van der Waals surface area contributed by atoms with Gasteiger partial charge in [-0.15, -0.1) is 0 Å². The minimum absolute atomic E-state index is 0.130. The van der Waals surface area contributed by atoms with Crippen LogP contribution in [0.4, 0.5) is 0 Å². The highest BCUT2D eigenvalue weighted by Gasteiger charge is 2.29. The lowest BCUT2D eigenvalue weighted by Gasteiger charge is -2.35. The molecule has 1 amide bonds. The lowest BCUT2D eigenvalue weighted by Crippen LogP contribution is -2.47. The SMILES string of the molecule is C[C@H]1[C@@H](NC(=O)[C@@H](C)OC(=O)/C=C/c2c(Cl)nc3ccccn23)CCC[C@@H]1C. The van der Waals surface area contributed by atoms with Crippen molar-refractivity contribution in [2.45, 2.75) is 52.2 Å². The standard InChI is InChI=1S/C21H26ClN3O3/c1-13-7-6-8-16(14(13)2)23-21(27)15(3)28-19(26)11-10-17-20(22)24-18-9-4-5-12-25(17)18/h4-5,9-16H,6-8H2,1-3H3,(H,23,27)/b11-10+/t13-,14+,15+,16-/m0/s1. The van der Waals surface area contributed by atoms with Gasteiger partial charge in [0.15, 0.2) is 11.3 Å².